The van der Waals surface area contributed by atoms with Crippen LogP contribution in [0.5, 0.6) is 0 Å². The van der Waals surface area contributed by atoms with E-state index in [1.807, 2.05) is 13.8 Å². The van der Waals surface area contributed by atoms with Crippen molar-refractivity contribution in [3.05, 3.63) is 18.0 Å². The Labute approximate surface area is 171 Å². The fraction of sp³-hybridized carbons (Fsp3) is 0.722. The van der Waals surface area contributed by atoms with Crippen molar-refractivity contribution in [2.24, 2.45) is 4.99 Å². The molecular formula is C18H29F3N6OS. The summed E-state index contributed by atoms with van der Waals surface area (Å²) in [4.78, 5) is 11.7. The molecule has 0 amide bonds. The van der Waals surface area contributed by atoms with Gasteiger partial charge in [0, 0.05) is 47.1 Å². The minimum Gasteiger partial charge on any atom is -0.357 e. The Balaban J connectivity index is 1.87. The number of anilines is 1. The minimum absolute atomic E-state index is 0.0786. The molecule has 0 bridgehead atoms. The van der Waals surface area contributed by atoms with Crippen LogP contribution in [0, 0.1) is 0 Å². The fourth-order valence-electron chi connectivity index (χ4n) is 3.20. The molecule has 0 saturated heterocycles. The van der Waals surface area contributed by atoms with E-state index < -0.39 is 22.7 Å². The van der Waals surface area contributed by atoms with Crippen LogP contribution in [0.1, 0.15) is 45.2 Å². The average molecular weight is 435 g/mol. The Hall–Kier alpha value is -1.91. The molecule has 7 nitrogen and oxygen atoms in total. The molecule has 0 spiro atoms. The van der Waals surface area contributed by atoms with Gasteiger partial charge in [-0.15, -0.1) is 0 Å². The number of hydrogen-bond acceptors (Lipinski definition) is 5. The smallest absolute Gasteiger partial charge is 0.357 e. The van der Waals surface area contributed by atoms with Crippen LogP contribution in [-0.2, 0) is 17.0 Å². The van der Waals surface area contributed by atoms with Crippen molar-refractivity contribution in [2.45, 2.75) is 57.0 Å². The molecule has 1 saturated carbocycles. The van der Waals surface area contributed by atoms with Crippen LogP contribution in [-0.4, -0.2) is 56.8 Å². The maximum Gasteiger partial charge on any atom is 0.433 e. The summed E-state index contributed by atoms with van der Waals surface area (Å²) >= 11 is 0. The highest BCUT2D eigenvalue weighted by Gasteiger charge is 2.32. The maximum absolute atomic E-state index is 12.7. The first-order valence-corrected chi connectivity index (χ1v) is 11.3. The molecule has 0 aliphatic heterocycles. The summed E-state index contributed by atoms with van der Waals surface area (Å²) in [6, 6.07) is 1.04. The van der Waals surface area contributed by atoms with Crippen molar-refractivity contribution in [2.75, 3.05) is 30.7 Å². The third kappa shape index (κ3) is 7.79. The molecule has 164 valence electrons. The fourth-order valence-corrected chi connectivity index (χ4v) is 4.55. The summed E-state index contributed by atoms with van der Waals surface area (Å²) in [6.07, 6.45) is 0.445. The number of aromatic nitrogens is 2. The lowest BCUT2D eigenvalue weighted by Gasteiger charge is -2.30. The average Bonchev–Trinajstić information content (AvgIpc) is 2.70. The molecule has 1 heterocycles. The molecule has 11 heteroatoms. The second kappa shape index (κ2) is 11.3. The van der Waals surface area contributed by atoms with E-state index in [0.717, 1.165) is 37.9 Å². The summed E-state index contributed by atoms with van der Waals surface area (Å²) in [7, 11) is -0.793. The van der Waals surface area contributed by atoms with Gasteiger partial charge in [0.05, 0.1) is 6.54 Å². The van der Waals surface area contributed by atoms with Crippen LogP contribution < -0.4 is 16.0 Å². The van der Waals surface area contributed by atoms with E-state index in [4.69, 9.17) is 0 Å². The van der Waals surface area contributed by atoms with Gasteiger partial charge in [-0.2, -0.15) is 13.2 Å². The number of alkyl halides is 3. The maximum atomic E-state index is 12.7. The van der Waals surface area contributed by atoms with E-state index in [1.165, 1.54) is 0 Å². The van der Waals surface area contributed by atoms with Gasteiger partial charge in [0.25, 0.3) is 0 Å². The Morgan fingerprint density at radius 3 is 2.83 bits per heavy atom. The molecule has 1 aliphatic carbocycles. The van der Waals surface area contributed by atoms with E-state index >= 15 is 0 Å². The molecular weight excluding hydrogens is 405 g/mol. The van der Waals surface area contributed by atoms with Gasteiger partial charge in [-0.25, -0.2) is 9.97 Å². The van der Waals surface area contributed by atoms with Crippen molar-refractivity contribution >= 4 is 22.7 Å². The topological polar surface area (TPSA) is 91.3 Å². The zero-order valence-electron chi connectivity index (χ0n) is 16.8. The van der Waals surface area contributed by atoms with Gasteiger partial charge in [-0.3, -0.25) is 9.20 Å². The second-order valence-electron chi connectivity index (χ2n) is 6.75. The predicted molar refractivity (Wildman–Crippen MR) is 109 cm³/mol. The highest BCUT2D eigenvalue weighted by molar-refractivity contribution is 7.85. The third-order valence-corrected chi connectivity index (χ3v) is 6.32. The SMILES string of the molecule is CCNC(=NCCNc1nccc(C(F)(F)F)n1)NC1CCCC(S(=O)CC)C1. The summed E-state index contributed by atoms with van der Waals surface area (Å²) in [5, 5.41) is 9.54. The van der Waals surface area contributed by atoms with E-state index in [2.05, 4.69) is 30.9 Å². The van der Waals surface area contributed by atoms with Crippen molar-refractivity contribution in [3.8, 4) is 0 Å². The number of nitrogens with one attached hydrogen (secondary N) is 3. The number of guanidine groups is 1. The van der Waals surface area contributed by atoms with Crippen LogP contribution in [0.4, 0.5) is 19.1 Å². The summed E-state index contributed by atoms with van der Waals surface area (Å²) in [5.74, 6) is 1.24. The lowest BCUT2D eigenvalue weighted by Crippen LogP contribution is -2.46. The zero-order chi connectivity index (χ0) is 21.3. The lowest BCUT2D eigenvalue weighted by molar-refractivity contribution is -0.141. The van der Waals surface area contributed by atoms with Crippen molar-refractivity contribution < 1.29 is 17.4 Å². The van der Waals surface area contributed by atoms with Gasteiger partial charge in [0.1, 0.15) is 5.69 Å². The first kappa shape index (κ1) is 23.4. The summed E-state index contributed by atoms with van der Waals surface area (Å²) < 4.78 is 50.2. The quantitative estimate of drug-likeness (QED) is 0.331. The molecule has 3 atom stereocenters. The molecule has 0 aromatic carbocycles. The standard InChI is InChI=1S/C18H29F3N6OS/c1-3-22-16(26-13-6-5-7-14(12-13)29(28)4-2)24-10-11-25-17-23-9-8-15(27-17)18(19,20)21/h8-9,13-14H,3-7,10-12H2,1-2H3,(H2,22,24,26)(H,23,25,27). The normalized spacial score (nSPS) is 21.5. The van der Waals surface area contributed by atoms with E-state index in [1.54, 1.807) is 0 Å². The summed E-state index contributed by atoms with van der Waals surface area (Å²) in [5.41, 5.74) is -0.982. The number of aliphatic imine (C=N–C) groups is 1. The van der Waals surface area contributed by atoms with Gasteiger partial charge in [-0.05, 0) is 32.3 Å². The predicted octanol–water partition coefficient (Wildman–Crippen LogP) is 2.54. The van der Waals surface area contributed by atoms with Gasteiger partial charge in [0.15, 0.2) is 5.96 Å². The molecule has 2 rings (SSSR count). The highest BCUT2D eigenvalue weighted by atomic mass is 32.2. The Bertz CT molecular complexity index is 700. The molecule has 3 unspecified atom stereocenters. The van der Waals surface area contributed by atoms with Crippen LogP contribution >= 0.6 is 0 Å². The first-order chi connectivity index (χ1) is 13.8. The molecule has 3 N–H and O–H groups in total. The molecule has 1 fully saturated rings. The van der Waals surface area contributed by atoms with Gasteiger partial charge in [-0.1, -0.05) is 13.3 Å². The molecule has 1 aliphatic rings. The lowest BCUT2D eigenvalue weighted by atomic mass is 9.95. The molecule has 29 heavy (non-hydrogen) atoms. The van der Waals surface area contributed by atoms with E-state index in [9.17, 15) is 17.4 Å². The molecule has 0 radical (unpaired) electrons. The first-order valence-electron chi connectivity index (χ1n) is 9.89. The minimum atomic E-state index is -4.50. The van der Waals surface area contributed by atoms with E-state index in [-0.39, 0.29) is 17.2 Å². The van der Waals surface area contributed by atoms with Gasteiger partial charge < -0.3 is 16.0 Å². The van der Waals surface area contributed by atoms with Crippen LogP contribution in [0.3, 0.4) is 0 Å². The Kier molecular flexibility index (Phi) is 9.12. The molecule has 1 aromatic rings. The van der Waals surface area contributed by atoms with Crippen molar-refractivity contribution in [1.82, 2.24) is 20.6 Å². The van der Waals surface area contributed by atoms with Crippen LogP contribution in [0.2, 0.25) is 0 Å². The second-order valence-corrected chi connectivity index (χ2v) is 8.76. The third-order valence-electron chi connectivity index (χ3n) is 4.58. The van der Waals surface area contributed by atoms with Crippen molar-refractivity contribution in [3.63, 3.8) is 0 Å². The number of hydrogen-bond donors (Lipinski definition) is 3. The Morgan fingerprint density at radius 2 is 2.14 bits per heavy atom. The van der Waals surface area contributed by atoms with Crippen LogP contribution in [0.15, 0.2) is 17.3 Å². The van der Waals surface area contributed by atoms with Crippen LogP contribution in [0.25, 0.3) is 0 Å². The van der Waals surface area contributed by atoms with Crippen molar-refractivity contribution in [1.29, 1.82) is 0 Å². The number of rotatable bonds is 8. The van der Waals surface area contributed by atoms with Gasteiger partial charge >= 0.3 is 6.18 Å². The highest BCUT2D eigenvalue weighted by Crippen LogP contribution is 2.27. The monoisotopic (exact) mass is 434 g/mol. The number of nitrogens with zero attached hydrogens (tertiary/aromatic N) is 3. The van der Waals surface area contributed by atoms with Gasteiger partial charge in [0.2, 0.25) is 5.95 Å². The largest absolute Gasteiger partial charge is 0.433 e. The molecule has 1 aromatic heterocycles. The zero-order valence-corrected chi connectivity index (χ0v) is 17.6. The van der Waals surface area contributed by atoms with E-state index in [0.29, 0.717) is 31.3 Å². The number of halogens is 3. The summed E-state index contributed by atoms with van der Waals surface area (Å²) in [6.45, 7) is 5.23. The Morgan fingerprint density at radius 1 is 1.34 bits per heavy atom.